The molecule has 0 saturated heterocycles. The Hall–Kier alpha value is -1.63. The Morgan fingerprint density at radius 3 is 2.38 bits per heavy atom. The lowest BCUT2D eigenvalue weighted by Crippen LogP contribution is -2.52. The van der Waals surface area contributed by atoms with Gasteiger partial charge in [-0.25, -0.2) is 9.59 Å². The Morgan fingerprint density at radius 1 is 1.29 bits per heavy atom. The molecule has 1 unspecified atom stereocenters. The number of pyridine rings is 1. The zero-order valence-electron chi connectivity index (χ0n) is 12.7. The first kappa shape index (κ1) is 17.4. The molecule has 0 spiro atoms. The number of halogens is 1. The van der Waals surface area contributed by atoms with E-state index in [-0.39, 0.29) is 0 Å². The Labute approximate surface area is 132 Å². The van der Waals surface area contributed by atoms with Gasteiger partial charge < -0.3 is 14.8 Å². The Balaban J connectivity index is 3.11. The maximum atomic E-state index is 12.1. The predicted molar refractivity (Wildman–Crippen MR) is 80.7 cm³/mol. The average molecular weight is 359 g/mol. The molecule has 0 aliphatic heterocycles. The molecule has 1 aromatic heterocycles. The molecule has 0 radical (unpaired) electrons. The number of hydrogen-bond donors (Lipinski definition) is 1. The summed E-state index contributed by atoms with van der Waals surface area (Å²) in [6, 6.07) is 3.35. The molecule has 1 heterocycles. The van der Waals surface area contributed by atoms with Crippen LogP contribution in [0.4, 0.5) is 4.79 Å². The predicted octanol–water partition coefficient (Wildman–Crippen LogP) is 2.76. The van der Waals surface area contributed by atoms with Crippen molar-refractivity contribution < 1.29 is 19.1 Å². The van der Waals surface area contributed by atoms with Gasteiger partial charge in [-0.2, -0.15) is 0 Å². The van der Waals surface area contributed by atoms with Crippen LogP contribution in [0.2, 0.25) is 0 Å². The highest BCUT2D eigenvalue weighted by atomic mass is 79.9. The van der Waals surface area contributed by atoms with Gasteiger partial charge in [0.15, 0.2) is 5.54 Å². The minimum Gasteiger partial charge on any atom is -0.467 e. The summed E-state index contributed by atoms with van der Waals surface area (Å²) < 4.78 is 10.7. The third-order valence-corrected chi connectivity index (χ3v) is 3.07. The first-order valence-corrected chi connectivity index (χ1v) is 7.09. The normalized spacial score (nSPS) is 14.0. The third-order valence-electron chi connectivity index (χ3n) is 2.58. The van der Waals surface area contributed by atoms with Crippen molar-refractivity contribution in [2.75, 3.05) is 7.11 Å². The number of methoxy groups -OCH3 is 1. The Morgan fingerprint density at radius 2 is 1.90 bits per heavy atom. The van der Waals surface area contributed by atoms with Gasteiger partial charge in [-0.3, -0.25) is 4.98 Å². The van der Waals surface area contributed by atoms with E-state index >= 15 is 0 Å². The number of ether oxygens (including phenoxy) is 2. The molecule has 1 atom stereocenters. The van der Waals surface area contributed by atoms with Crippen LogP contribution in [-0.2, 0) is 19.8 Å². The zero-order chi connectivity index (χ0) is 16.3. The first-order chi connectivity index (χ1) is 9.58. The molecule has 7 heteroatoms. The van der Waals surface area contributed by atoms with E-state index in [1.807, 2.05) is 0 Å². The lowest BCUT2D eigenvalue weighted by Gasteiger charge is -2.29. The van der Waals surface area contributed by atoms with Crippen LogP contribution in [0, 0.1) is 0 Å². The SMILES string of the molecule is COC(=O)C(C)(NC(=O)OC(C)(C)C)c1cc(Br)ccn1. The summed E-state index contributed by atoms with van der Waals surface area (Å²) in [5, 5.41) is 2.53. The highest BCUT2D eigenvalue weighted by molar-refractivity contribution is 9.10. The summed E-state index contributed by atoms with van der Waals surface area (Å²) in [6.07, 6.45) is 0.800. The zero-order valence-corrected chi connectivity index (χ0v) is 14.3. The Kier molecular flexibility index (Phi) is 5.33. The van der Waals surface area contributed by atoms with Gasteiger partial charge in [0.05, 0.1) is 12.8 Å². The molecule has 1 N–H and O–H groups in total. The molecular weight excluding hydrogens is 340 g/mol. The molecular formula is C14H19BrN2O4. The van der Waals surface area contributed by atoms with E-state index in [4.69, 9.17) is 9.47 Å². The fraction of sp³-hybridized carbons (Fsp3) is 0.500. The van der Waals surface area contributed by atoms with Crippen LogP contribution in [0.3, 0.4) is 0 Å². The number of carbonyl (C=O) groups excluding carboxylic acids is 2. The molecule has 21 heavy (non-hydrogen) atoms. The molecule has 6 nitrogen and oxygen atoms in total. The number of rotatable bonds is 3. The minimum absolute atomic E-state index is 0.342. The van der Waals surface area contributed by atoms with Gasteiger partial charge in [0.25, 0.3) is 0 Å². The van der Waals surface area contributed by atoms with Gasteiger partial charge >= 0.3 is 12.1 Å². The summed E-state index contributed by atoms with van der Waals surface area (Å²) >= 11 is 3.30. The van der Waals surface area contributed by atoms with Crippen molar-refractivity contribution in [2.45, 2.75) is 38.8 Å². The maximum absolute atomic E-state index is 12.1. The lowest BCUT2D eigenvalue weighted by molar-refractivity contribution is -0.148. The van der Waals surface area contributed by atoms with Crippen molar-refractivity contribution in [2.24, 2.45) is 0 Å². The number of nitrogens with one attached hydrogen (secondary N) is 1. The van der Waals surface area contributed by atoms with Gasteiger partial charge in [-0.05, 0) is 39.8 Å². The second kappa shape index (κ2) is 6.43. The van der Waals surface area contributed by atoms with Crippen LogP contribution in [0.25, 0.3) is 0 Å². The molecule has 0 aromatic carbocycles. The molecule has 116 valence electrons. The summed E-state index contributed by atoms with van der Waals surface area (Å²) in [6.45, 7) is 6.72. The van der Waals surface area contributed by atoms with Gasteiger partial charge in [0, 0.05) is 10.7 Å². The highest BCUT2D eigenvalue weighted by Crippen LogP contribution is 2.24. The minimum atomic E-state index is -1.44. The second-order valence-corrected chi connectivity index (χ2v) is 6.52. The molecule has 0 bridgehead atoms. The number of esters is 1. The van der Waals surface area contributed by atoms with E-state index in [1.54, 1.807) is 32.9 Å². The van der Waals surface area contributed by atoms with Crippen molar-refractivity contribution in [1.82, 2.24) is 10.3 Å². The fourth-order valence-electron chi connectivity index (χ4n) is 1.61. The van der Waals surface area contributed by atoms with Crippen LogP contribution >= 0.6 is 15.9 Å². The van der Waals surface area contributed by atoms with Crippen molar-refractivity contribution in [3.63, 3.8) is 0 Å². The number of alkyl carbamates (subject to hydrolysis) is 1. The smallest absolute Gasteiger partial charge is 0.408 e. The Bertz CT molecular complexity index is 542. The second-order valence-electron chi connectivity index (χ2n) is 5.60. The van der Waals surface area contributed by atoms with E-state index in [0.717, 1.165) is 4.47 Å². The standard InChI is InChI=1S/C14H19BrN2O4/c1-13(2,3)21-12(19)17-14(4,11(18)20-5)10-8-9(15)6-7-16-10/h6-8H,1-5H3,(H,17,19). The van der Waals surface area contributed by atoms with Crippen LogP contribution in [0.15, 0.2) is 22.8 Å². The fourth-order valence-corrected chi connectivity index (χ4v) is 1.94. The number of hydrogen-bond acceptors (Lipinski definition) is 5. The summed E-state index contributed by atoms with van der Waals surface area (Å²) in [5.74, 6) is -0.640. The number of amides is 1. The summed E-state index contributed by atoms with van der Waals surface area (Å²) in [7, 11) is 1.25. The molecule has 1 aromatic rings. The third kappa shape index (κ3) is 4.70. The maximum Gasteiger partial charge on any atom is 0.408 e. The van der Waals surface area contributed by atoms with E-state index in [9.17, 15) is 9.59 Å². The summed E-state index contributed by atoms with van der Waals surface area (Å²) in [4.78, 5) is 28.2. The molecule has 1 rings (SSSR count). The van der Waals surface area contributed by atoms with Crippen LogP contribution < -0.4 is 5.32 Å². The topological polar surface area (TPSA) is 77.5 Å². The number of aromatic nitrogens is 1. The van der Waals surface area contributed by atoms with Crippen molar-refractivity contribution in [1.29, 1.82) is 0 Å². The average Bonchev–Trinajstić information content (AvgIpc) is 2.35. The van der Waals surface area contributed by atoms with E-state index < -0.39 is 23.2 Å². The van der Waals surface area contributed by atoms with Gasteiger partial charge in [0.2, 0.25) is 0 Å². The number of nitrogens with zero attached hydrogens (tertiary/aromatic N) is 1. The van der Waals surface area contributed by atoms with Crippen LogP contribution in [-0.4, -0.2) is 29.8 Å². The number of carbonyl (C=O) groups is 2. The van der Waals surface area contributed by atoms with Crippen LogP contribution in [0.5, 0.6) is 0 Å². The largest absolute Gasteiger partial charge is 0.467 e. The van der Waals surface area contributed by atoms with E-state index in [0.29, 0.717) is 5.69 Å². The molecule has 1 amide bonds. The molecule has 0 aliphatic rings. The van der Waals surface area contributed by atoms with Crippen molar-refractivity contribution >= 4 is 28.0 Å². The monoisotopic (exact) mass is 358 g/mol. The van der Waals surface area contributed by atoms with Crippen molar-refractivity contribution in [3.8, 4) is 0 Å². The van der Waals surface area contributed by atoms with Crippen molar-refractivity contribution in [3.05, 3.63) is 28.5 Å². The lowest BCUT2D eigenvalue weighted by atomic mass is 9.97. The van der Waals surface area contributed by atoms with E-state index in [2.05, 4.69) is 26.2 Å². The quantitative estimate of drug-likeness (QED) is 0.840. The van der Waals surface area contributed by atoms with Gasteiger partial charge in [-0.15, -0.1) is 0 Å². The molecule has 0 aliphatic carbocycles. The first-order valence-electron chi connectivity index (χ1n) is 6.30. The summed E-state index contributed by atoms with van der Waals surface area (Å²) in [5.41, 5.74) is -1.78. The molecule has 0 fully saturated rings. The molecule has 0 saturated carbocycles. The highest BCUT2D eigenvalue weighted by Gasteiger charge is 2.40. The van der Waals surface area contributed by atoms with Gasteiger partial charge in [0.1, 0.15) is 5.60 Å². The van der Waals surface area contributed by atoms with Gasteiger partial charge in [-0.1, -0.05) is 15.9 Å². The van der Waals surface area contributed by atoms with E-state index in [1.165, 1.54) is 20.2 Å². The van der Waals surface area contributed by atoms with Crippen LogP contribution in [0.1, 0.15) is 33.4 Å².